The molecule has 1 rings (SSSR count). The van der Waals surface area contributed by atoms with Gasteiger partial charge in [0, 0.05) is 5.56 Å². The van der Waals surface area contributed by atoms with Gasteiger partial charge in [-0.15, -0.1) is 0 Å². The second-order valence-electron chi connectivity index (χ2n) is 3.81. The molecule has 0 bridgehead atoms. The SMILES string of the molecule is CCN(CC)C(C)C(=O)c1ccc(O)cc1. The molecule has 0 aromatic heterocycles. The molecule has 3 heteroatoms. The molecule has 1 unspecified atom stereocenters. The first kappa shape index (κ1) is 12.7. The normalized spacial score (nSPS) is 12.8. The largest absolute Gasteiger partial charge is 0.508 e. The molecule has 3 nitrogen and oxygen atoms in total. The molecule has 0 heterocycles. The molecule has 1 N–H and O–H groups in total. The Kier molecular flexibility index (Phi) is 4.50. The second kappa shape index (κ2) is 5.66. The lowest BCUT2D eigenvalue weighted by Crippen LogP contribution is -2.38. The van der Waals surface area contributed by atoms with E-state index in [0.29, 0.717) is 5.56 Å². The summed E-state index contributed by atoms with van der Waals surface area (Å²) >= 11 is 0. The molecule has 0 saturated carbocycles. The molecule has 0 amide bonds. The summed E-state index contributed by atoms with van der Waals surface area (Å²) in [5.74, 6) is 0.288. The van der Waals surface area contributed by atoms with Crippen LogP contribution in [0.5, 0.6) is 5.75 Å². The summed E-state index contributed by atoms with van der Waals surface area (Å²) in [6.07, 6.45) is 0. The highest BCUT2D eigenvalue weighted by Gasteiger charge is 2.19. The van der Waals surface area contributed by atoms with Crippen LogP contribution < -0.4 is 0 Å². The summed E-state index contributed by atoms with van der Waals surface area (Å²) in [5, 5.41) is 9.16. The number of ketones is 1. The maximum atomic E-state index is 12.1. The number of rotatable bonds is 5. The van der Waals surface area contributed by atoms with Crippen LogP contribution in [0.3, 0.4) is 0 Å². The van der Waals surface area contributed by atoms with Crippen molar-refractivity contribution >= 4 is 5.78 Å². The van der Waals surface area contributed by atoms with Gasteiger partial charge in [-0.25, -0.2) is 0 Å². The first-order valence-electron chi connectivity index (χ1n) is 5.67. The van der Waals surface area contributed by atoms with Crippen molar-refractivity contribution in [3.05, 3.63) is 29.8 Å². The van der Waals surface area contributed by atoms with Crippen LogP contribution in [0.2, 0.25) is 0 Å². The van der Waals surface area contributed by atoms with E-state index in [1.807, 2.05) is 20.8 Å². The molecule has 0 aliphatic heterocycles. The number of phenolic OH excluding ortho intramolecular Hbond substituents is 1. The molecule has 0 aliphatic rings. The summed E-state index contributed by atoms with van der Waals surface area (Å²) in [6, 6.07) is 6.30. The van der Waals surface area contributed by atoms with Crippen molar-refractivity contribution in [2.45, 2.75) is 26.8 Å². The summed E-state index contributed by atoms with van der Waals surface area (Å²) < 4.78 is 0. The van der Waals surface area contributed by atoms with E-state index in [2.05, 4.69) is 4.90 Å². The van der Waals surface area contributed by atoms with Crippen molar-refractivity contribution in [1.29, 1.82) is 0 Å². The molecule has 1 atom stereocenters. The summed E-state index contributed by atoms with van der Waals surface area (Å²) in [5.41, 5.74) is 0.650. The Morgan fingerprint density at radius 1 is 1.25 bits per heavy atom. The second-order valence-corrected chi connectivity index (χ2v) is 3.81. The smallest absolute Gasteiger partial charge is 0.179 e. The number of Topliss-reactive ketones (excluding diaryl/α,β-unsaturated/α-hetero) is 1. The molecule has 0 spiro atoms. The Balaban J connectivity index is 2.81. The van der Waals surface area contributed by atoms with E-state index in [1.54, 1.807) is 24.3 Å². The van der Waals surface area contributed by atoms with Crippen LogP contribution in [0.1, 0.15) is 31.1 Å². The van der Waals surface area contributed by atoms with Gasteiger partial charge in [0.2, 0.25) is 0 Å². The number of aromatic hydroxyl groups is 1. The van der Waals surface area contributed by atoms with Crippen molar-refractivity contribution in [1.82, 2.24) is 4.90 Å². The predicted molar refractivity (Wildman–Crippen MR) is 64.8 cm³/mol. The first-order chi connectivity index (χ1) is 7.60. The van der Waals surface area contributed by atoms with Crippen molar-refractivity contribution in [2.75, 3.05) is 13.1 Å². The fraction of sp³-hybridized carbons (Fsp3) is 0.462. The lowest BCUT2D eigenvalue weighted by molar-refractivity contribution is 0.0851. The fourth-order valence-electron chi connectivity index (χ4n) is 1.80. The Morgan fingerprint density at radius 3 is 2.19 bits per heavy atom. The van der Waals surface area contributed by atoms with Gasteiger partial charge in [-0.3, -0.25) is 9.69 Å². The van der Waals surface area contributed by atoms with Gasteiger partial charge >= 0.3 is 0 Å². The van der Waals surface area contributed by atoms with Crippen LogP contribution in [0.4, 0.5) is 0 Å². The van der Waals surface area contributed by atoms with Gasteiger partial charge in [0.05, 0.1) is 6.04 Å². The molecule has 0 radical (unpaired) electrons. The van der Waals surface area contributed by atoms with E-state index in [9.17, 15) is 4.79 Å². The lowest BCUT2D eigenvalue weighted by atomic mass is 10.0. The summed E-state index contributed by atoms with van der Waals surface area (Å²) in [4.78, 5) is 14.2. The molecule has 1 aromatic rings. The number of hydrogen-bond acceptors (Lipinski definition) is 3. The average Bonchev–Trinajstić information content (AvgIpc) is 2.30. The minimum Gasteiger partial charge on any atom is -0.508 e. The van der Waals surface area contributed by atoms with E-state index in [0.717, 1.165) is 13.1 Å². The van der Waals surface area contributed by atoms with E-state index < -0.39 is 0 Å². The zero-order valence-corrected chi connectivity index (χ0v) is 10.1. The maximum Gasteiger partial charge on any atom is 0.179 e. The third kappa shape index (κ3) is 2.83. The zero-order valence-electron chi connectivity index (χ0n) is 10.1. The molecule has 0 aliphatic carbocycles. The number of benzene rings is 1. The third-order valence-corrected chi connectivity index (χ3v) is 2.89. The fourth-order valence-corrected chi connectivity index (χ4v) is 1.80. The Bertz CT molecular complexity index is 341. The summed E-state index contributed by atoms with van der Waals surface area (Å²) in [7, 11) is 0. The van der Waals surface area contributed by atoms with E-state index >= 15 is 0 Å². The van der Waals surface area contributed by atoms with Gasteiger partial charge in [-0.2, -0.15) is 0 Å². The number of carbonyl (C=O) groups excluding carboxylic acids is 1. The Hall–Kier alpha value is -1.35. The van der Waals surface area contributed by atoms with Crippen molar-refractivity contribution in [3.63, 3.8) is 0 Å². The minimum atomic E-state index is -0.112. The summed E-state index contributed by atoms with van der Waals surface area (Å²) in [6.45, 7) is 7.74. The van der Waals surface area contributed by atoms with E-state index in [-0.39, 0.29) is 17.6 Å². The van der Waals surface area contributed by atoms with E-state index in [1.165, 1.54) is 0 Å². The Labute approximate surface area is 96.7 Å². The van der Waals surface area contributed by atoms with Gasteiger partial charge in [0.25, 0.3) is 0 Å². The van der Waals surface area contributed by atoms with Gasteiger partial charge in [-0.05, 0) is 44.3 Å². The molecule has 0 fully saturated rings. The number of phenols is 1. The van der Waals surface area contributed by atoms with Crippen LogP contribution in [0, 0.1) is 0 Å². The zero-order chi connectivity index (χ0) is 12.1. The lowest BCUT2D eigenvalue weighted by Gasteiger charge is -2.25. The highest BCUT2D eigenvalue weighted by atomic mass is 16.3. The van der Waals surface area contributed by atoms with E-state index in [4.69, 9.17) is 5.11 Å². The van der Waals surface area contributed by atoms with Gasteiger partial charge < -0.3 is 5.11 Å². The quantitative estimate of drug-likeness (QED) is 0.776. The monoisotopic (exact) mass is 221 g/mol. The highest BCUT2D eigenvalue weighted by molar-refractivity contribution is 5.99. The molecule has 16 heavy (non-hydrogen) atoms. The minimum absolute atomic E-state index is 0.101. The molecule has 0 saturated heterocycles. The Morgan fingerprint density at radius 2 is 1.75 bits per heavy atom. The number of carbonyl (C=O) groups is 1. The van der Waals surface area contributed by atoms with Crippen molar-refractivity contribution in [2.24, 2.45) is 0 Å². The maximum absolute atomic E-state index is 12.1. The molecule has 88 valence electrons. The van der Waals surface area contributed by atoms with Crippen LogP contribution in [0.15, 0.2) is 24.3 Å². The third-order valence-electron chi connectivity index (χ3n) is 2.89. The first-order valence-corrected chi connectivity index (χ1v) is 5.67. The number of nitrogens with zero attached hydrogens (tertiary/aromatic N) is 1. The molecule has 1 aromatic carbocycles. The van der Waals surface area contributed by atoms with Crippen molar-refractivity contribution < 1.29 is 9.90 Å². The van der Waals surface area contributed by atoms with Crippen LogP contribution in [0.25, 0.3) is 0 Å². The van der Waals surface area contributed by atoms with Gasteiger partial charge in [0.15, 0.2) is 5.78 Å². The standard InChI is InChI=1S/C13H19NO2/c1-4-14(5-2)10(3)13(16)11-6-8-12(15)9-7-11/h6-10,15H,4-5H2,1-3H3. The highest BCUT2D eigenvalue weighted by Crippen LogP contribution is 2.13. The number of likely N-dealkylation sites (N-methyl/N-ethyl adjacent to an activating group) is 1. The van der Waals surface area contributed by atoms with Crippen LogP contribution in [-0.2, 0) is 0 Å². The molecular formula is C13H19NO2. The van der Waals surface area contributed by atoms with Gasteiger partial charge in [-0.1, -0.05) is 13.8 Å². The predicted octanol–water partition coefficient (Wildman–Crippen LogP) is 2.31. The van der Waals surface area contributed by atoms with Crippen LogP contribution in [-0.4, -0.2) is 34.9 Å². The topological polar surface area (TPSA) is 40.5 Å². The molecular weight excluding hydrogens is 202 g/mol. The van der Waals surface area contributed by atoms with Gasteiger partial charge in [0.1, 0.15) is 5.75 Å². The number of hydrogen-bond donors (Lipinski definition) is 1. The average molecular weight is 221 g/mol. The van der Waals surface area contributed by atoms with Crippen molar-refractivity contribution in [3.8, 4) is 5.75 Å². The van der Waals surface area contributed by atoms with Crippen LogP contribution >= 0.6 is 0 Å².